The van der Waals surface area contributed by atoms with E-state index in [1.54, 1.807) is 54.6 Å². The summed E-state index contributed by atoms with van der Waals surface area (Å²) < 4.78 is 6.49. The van der Waals surface area contributed by atoms with Crippen LogP contribution in [0.15, 0.2) is 77.5 Å². The van der Waals surface area contributed by atoms with Gasteiger partial charge < -0.3 is 10.1 Å². The Bertz CT molecular complexity index is 1300. The van der Waals surface area contributed by atoms with Gasteiger partial charge in [0, 0.05) is 9.26 Å². The van der Waals surface area contributed by atoms with E-state index in [1.165, 1.54) is 0 Å². The summed E-state index contributed by atoms with van der Waals surface area (Å²) in [6, 6.07) is 19.0. The fourth-order valence-corrected chi connectivity index (χ4v) is 3.82. The zero-order chi connectivity index (χ0) is 23.7. The van der Waals surface area contributed by atoms with Crippen LogP contribution < -0.4 is 15.0 Å². The number of ether oxygens (including phenoxy) is 1. The van der Waals surface area contributed by atoms with E-state index in [1.807, 2.05) is 26.0 Å². The molecule has 0 spiro atoms. The molecule has 2 amide bonds. The lowest BCUT2D eigenvalue weighted by molar-refractivity contribution is -0.120. The zero-order valence-electron chi connectivity index (χ0n) is 17.7. The first-order chi connectivity index (χ1) is 15.7. The highest BCUT2D eigenvalue weighted by Gasteiger charge is 2.38. The van der Waals surface area contributed by atoms with E-state index in [-0.39, 0.29) is 10.7 Å². The number of nitrogens with zero attached hydrogens (tertiary/aromatic N) is 1. The molecule has 1 aliphatic rings. The number of hydrogen-bond donors (Lipinski definition) is 1. The van der Waals surface area contributed by atoms with Gasteiger partial charge in [-0.2, -0.15) is 0 Å². The highest BCUT2D eigenvalue weighted by atomic mass is 127. The second kappa shape index (κ2) is 9.36. The molecule has 0 aromatic heterocycles. The van der Waals surface area contributed by atoms with Crippen LogP contribution in [0, 0.1) is 17.4 Å². The average molecular weight is 573 g/mol. The summed E-state index contributed by atoms with van der Waals surface area (Å²) >= 11 is 8.32. The Labute approximate surface area is 209 Å². The van der Waals surface area contributed by atoms with Crippen LogP contribution in [0.4, 0.5) is 11.4 Å². The van der Waals surface area contributed by atoms with Gasteiger partial charge in [-0.05, 0) is 102 Å². The van der Waals surface area contributed by atoms with E-state index in [4.69, 9.17) is 16.3 Å². The molecule has 0 saturated heterocycles. The van der Waals surface area contributed by atoms with Crippen LogP contribution in [0.3, 0.4) is 0 Å². The number of aryl methyl sites for hydroxylation is 2. The lowest BCUT2D eigenvalue weighted by atomic mass is 10.1. The fraction of sp³-hybridized carbons (Fsp3) is 0.0800. The molecule has 33 heavy (non-hydrogen) atoms. The summed E-state index contributed by atoms with van der Waals surface area (Å²) in [5.41, 5.74) is 3.10. The first kappa shape index (κ1) is 23.0. The van der Waals surface area contributed by atoms with Crippen molar-refractivity contribution in [1.82, 2.24) is 0 Å². The third-order valence-electron chi connectivity index (χ3n) is 5.05. The molecule has 8 heteroatoms. The second-order valence-electron chi connectivity index (χ2n) is 7.47. The molecule has 0 fully saturated rings. The molecular formula is C25H18ClIN2O4. The van der Waals surface area contributed by atoms with Crippen molar-refractivity contribution in [1.29, 1.82) is 0 Å². The van der Waals surface area contributed by atoms with Crippen LogP contribution in [0.2, 0.25) is 0 Å². The Kier molecular flexibility index (Phi) is 6.53. The van der Waals surface area contributed by atoms with Crippen molar-refractivity contribution in [3.63, 3.8) is 0 Å². The van der Waals surface area contributed by atoms with E-state index >= 15 is 0 Å². The Hall–Kier alpha value is -3.17. The van der Waals surface area contributed by atoms with Gasteiger partial charge in [0.1, 0.15) is 16.5 Å². The number of esters is 1. The molecule has 166 valence electrons. The summed E-state index contributed by atoms with van der Waals surface area (Å²) in [6.45, 7) is 3.79. The summed E-state index contributed by atoms with van der Waals surface area (Å²) in [6.07, 6.45) is 0. The number of rotatable bonds is 5. The first-order valence-electron chi connectivity index (χ1n) is 9.95. The number of benzene rings is 3. The number of anilines is 2. The summed E-state index contributed by atoms with van der Waals surface area (Å²) in [5, 5.41) is 2.70. The number of amides is 2. The Morgan fingerprint density at radius 3 is 2.27 bits per heavy atom. The minimum atomic E-state index is -0.598. The van der Waals surface area contributed by atoms with Crippen molar-refractivity contribution in [2.24, 2.45) is 0 Å². The molecule has 0 saturated carbocycles. The van der Waals surface area contributed by atoms with Crippen LogP contribution in [0.1, 0.15) is 21.5 Å². The van der Waals surface area contributed by atoms with Crippen LogP contribution >= 0.6 is 34.2 Å². The van der Waals surface area contributed by atoms with Gasteiger partial charge in [-0.15, -0.1) is 0 Å². The van der Waals surface area contributed by atoms with Crippen LogP contribution in [0.25, 0.3) is 0 Å². The second-order valence-corrected chi connectivity index (χ2v) is 9.10. The minimum Gasteiger partial charge on any atom is -0.423 e. The van der Waals surface area contributed by atoms with E-state index in [0.717, 1.165) is 19.6 Å². The maximum Gasteiger partial charge on any atom is 0.343 e. The quantitative estimate of drug-likeness (QED) is 0.187. The third kappa shape index (κ3) is 4.79. The number of nitrogens with one attached hydrogen (secondary N) is 1. The lowest BCUT2D eigenvalue weighted by Crippen LogP contribution is -2.32. The first-order valence-corrected chi connectivity index (χ1v) is 11.4. The highest BCUT2D eigenvalue weighted by Crippen LogP contribution is 2.30. The van der Waals surface area contributed by atoms with Gasteiger partial charge in [-0.1, -0.05) is 23.7 Å². The highest BCUT2D eigenvalue weighted by molar-refractivity contribution is 14.1. The Balaban J connectivity index is 1.49. The molecule has 4 rings (SSSR count). The molecule has 0 bridgehead atoms. The Morgan fingerprint density at radius 1 is 0.939 bits per heavy atom. The summed E-state index contributed by atoms with van der Waals surface area (Å²) in [7, 11) is 0. The van der Waals surface area contributed by atoms with E-state index < -0.39 is 17.8 Å². The van der Waals surface area contributed by atoms with E-state index in [2.05, 4.69) is 27.9 Å². The smallest absolute Gasteiger partial charge is 0.343 e. The standard InChI is InChI=1S/C25H18ClIN2O4/c1-14-3-4-15(2)20(13-14)33-25(32)16-5-9-18(10-6-16)28-22-21(26)23(30)29(24(22)31)19-11-7-17(27)8-12-19/h3-13,28H,1-2H3. The maximum absolute atomic E-state index is 12.9. The van der Waals surface area contributed by atoms with Crippen molar-refractivity contribution in [3.8, 4) is 5.75 Å². The molecule has 3 aromatic carbocycles. The van der Waals surface area contributed by atoms with E-state index in [9.17, 15) is 14.4 Å². The molecular weight excluding hydrogens is 555 g/mol. The van der Waals surface area contributed by atoms with Gasteiger partial charge in [-0.3, -0.25) is 9.59 Å². The number of imide groups is 1. The van der Waals surface area contributed by atoms with Gasteiger partial charge >= 0.3 is 5.97 Å². The van der Waals surface area contributed by atoms with Crippen LogP contribution in [-0.4, -0.2) is 17.8 Å². The SMILES string of the molecule is Cc1ccc(C)c(OC(=O)c2ccc(NC3=C(Cl)C(=O)N(c4ccc(I)cc4)C3=O)cc2)c1. The lowest BCUT2D eigenvalue weighted by Gasteiger charge is -2.15. The zero-order valence-corrected chi connectivity index (χ0v) is 20.6. The van der Waals surface area contributed by atoms with Crippen LogP contribution in [0.5, 0.6) is 5.75 Å². The number of carbonyl (C=O) groups is 3. The van der Waals surface area contributed by atoms with Gasteiger partial charge in [0.25, 0.3) is 11.8 Å². The summed E-state index contributed by atoms with van der Waals surface area (Å²) in [5.74, 6) is -1.14. The van der Waals surface area contributed by atoms with Crippen molar-refractivity contribution in [2.45, 2.75) is 13.8 Å². The number of halogens is 2. The molecule has 1 aliphatic heterocycles. The van der Waals surface area contributed by atoms with Crippen molar-refractivity contribution in [3.05, 3.63) is 97.7 Å². The average Bonchev–Trinajstić information content (AvgIpc) is 3.00. The number of hydrogen-bond acceptors (Lipinski definition) is 5. The largest absolute Gasteiger partial charge is 0.423 e. The minimum absolute atomic E-state index is 0.0223. The van der Waals surface area contributed by atoms with Gasteiger partial charge in [0.05, 0.1) is 11.3 Å². The third-order valence-corrected chi connectivity index (χ3v) is 6.12. The molecule has 0 radical (unpaired) electrons. The predicted octanol–water partition coefficient (Wildman–Crippen LogP) is 5.56. The van der Waals surface area contributed by atoms with Gasteiger partial charge in [0.2, 0.25) is 0 Å². The Morgan fingerprint density at radius 2 is 1.61 bits per heavy atom. The molecule has 6 nitrogen and oxygen atoms in total. The van der Waals surface area contributed by atoms with Crippen molar-refractivity contribution < 1.29 is 19.1 Å². The van der Waals surface area contributed by atoms with Crippen molar-refractivity contribution >= 4 is 63.4 Å². The number of carbonyl (C=O) groups excluding carboxylic acids is 3. The molecule has 0 unspecified atom stereocenters. The normalized spacial score (nSPS) is 13.5. The van der Waals surface area contributed by atoms with Gasteiger partial charge in [0.15, 0.2) is 0 Å². The maximum atomic E-state index is 12.9. The molecule has 0 aliphatic carbocycles. The van der Waals surface area contributed by atoms with Crippen LogP contribution in [-0.2, 0) is 9.59 Å². The molecule has 1 heterocycles. The fourth-order valence-electron chi connectivity index (χ4n) is 3.25. The molecule has 3 aromatic rings. The molecule has 0 atom stereocenters. The van der Waals surface area contributed by atoms with Crippen molar-refractivity contribution in [2.75, 3.05) is 10.2 Å². The van der Waals surface area contributed by atoms with Gasteiger partial charge in [-0.25, -0.2) is 9.69 Å². The topological polar surface area (TPSA) is 75.7 Å². The molecule has 1 N–H and O–H groups in total. The van der Waals surface area contributed by atoms with E-state index in [0.29, 0.717) is 22.7 Å². The predicted molar refractivity (Wildman–Crippen MR) is 135 cm³/mol. The monoisotopic (exact) mass is 572 g/mol. The summed E-state index contributed by atoms with van der Waals surface area (Å²) in [4.78, 5) is 39.0.